The van der Waals surface area contributed by atoms with Crippen LogP contribution in [0.1, 0.15) is 53.9 Å². The summed E-state index contributed by atoms with van der Waals surface area (Å²) < 4.78 is 0. The van der Waals surface area contributed by atoms with Crippen molar-refractivity contribution in [2.75, 3.05) is 0 Å². The zero-order valence-electron chi connectivity index (χ0n) is 10.5. The summed E-state index contributed by atoms with van der Waals surface area (Å²) in [5.74, 6) is 5.18. The molecule has 0 aromatic carbocycles. The van der Waals surface area contributed by atoms with Crippen molar-refractivity contribution in [3.8, 4) is 0 Å². The van der Waals surface area contributed by atoms with Crippen LogP contribution in [0.2, 0.25) is 0 Å². The summed E-state index contributed by atoms with van der Waals surface area (Å²) in [5, 5.41) is 0. The Morgan fingerprint density at radius 1 is 1.29 bits per heavy atom. The zero-order chi connectivity index (χ0) is 10.5. The molecule has 2 rings (SSSR count). The molecule has 0 saturated heterocycles. The maximum atomic E-state index is 2.48. The molecular weight excluding hydrogens is 168 g/mol. The fraction of sp³-hybridized carbons (Fsp3) is 1.00. The lowest BCUT2D eigenvalue weighted by Crippen LogP contribution is -2.11. The topological polar surface area (TPSA) is 0 Å². The van der Waals surface area contributed by atoms with Crippen molar-refractivity contribution >= 4 is 0 Å². The number of rotatable bonds is 4. The highest BCUT2D eigenvalue weighted by atomic mass is 14.6. The molecule has 0 spiro atoms. The van der Waals surface area contributed by atoms with Crippen molar-refractivity contribution < 1.29 is 0 Å². The van der Waals surface area contributed by atoms with E-state index in [1.165, 1.54) is 12.8 Å². The molecule has 5 atom stereocenters. The Kier molecular flexibility index (Phi) is 2.44. The normalized spacial score (nSPS) is 43.1. The first-order chi connectivity index (χ1) is 6.47. The molecule has 82 valence electrons. The Morgan fingerprint density at radius 3 is 2.29 bits per heavy atom. The summed E-state index contributed by atoms with van der Waals surface area (Å²) in [6.45, 7) is 12.1. The van der Waals surface area contributed by atoms with E-state index in [0.29, 0.717) is 5.41 Å². The van der Waals surface area contributed by atoms with Crippen LogP contribution in [0.25, 0.3) is 0 Å². The average molecular weight is 194 g/mol. The van der Waals surface area contributed by atoms with Gasteiger partial charge in [0, 0.05) is 0 Å². The van der Waals surface area contributed by atoms with E-state index in [0.717, 1.165) is 29.6 Å². The highest BCUT2D eigenvalue weighted by Gasteiger charge is 2.59. The van der Waals surface area contributed by atoms with Crippen LogP contribution in [0.3, 0.4) is 0 Å². The maximum Gasteiger partial charge on any atom is -0.0320 e. The fourth-order valence-corrected chi connectivity index (χ4v) is 3.34. The molecule has 2 saturated carbocycles. The van der Waals surface area contributed by atoms with E-state index in [2.05, 4.69) is 34.6 Å². The Balaban J connectivity index is 1.82. The van der Waals surface area contributed by atoms with Crippen LogP contribution in [-0.4, -0.2) is 0 Å². The van der Waals surface area contributed by atoms with Crippen LogP contribution >= 0.6 is 0 Å². The second kappa shape index (κ2) is 3.25. The van der Waals surface area contributed by atoms with Gasteiger partial charge in [0.15, 0.2) is 0 Å². The Bertz CT molecular complexity index is 216. The van der Waals surface area contributed by atoms with E-state index in [1.54, 1.807) is 6.42 Å². The standard InChI is InChI=1S/C14H26/c1-6-9(2)10(3)11-7-12(11)13-8-14(13,4)5/h9-13H,6-8H2,1-5H3. The first-order valence-corrected chi connectivity index (χ1v) is 6.47. The smallest absolute Gasteiger partial charge is 0.0320 e. The van der Waals surface area contributed by atoms with E-state index in [9.17, 15) is 0 Å². The van der Waals surface area contributed by atoms with Gasteiger partial charge in [-0.2, -0.15) is 0 Å². The molecular formula is C14H26. The molecule has 0 aromatic rings. The Hall–Kier alpha value is 0. The molecule has 0 aromatic heterocycles. The van der Waals surface area contributed by atoms with Crippen LogP contribution in [0.15, 0.2) is 0 Å². The second-order valence-electron chi connectivity index (χ2n) is 6.61. The molecule has 2 aliphatic carbocycles. The minimum atomic E-state index is 0.703. The van der Waals surface area contributed by atoms with Gasteiger partial charge in [-0.25, -0.2) is 0 Å². The van der Waals surface area contributed by atoms with Gasteiger partial charge < -0.3 is 0 Å². The summed E-state index contributed by atoms with van der Waals surface area (Å²) in [6, 6.07) is 0. The first-order valence-electron chi connectivity index (χ1n) is 6.47. The van der Waals surface area contributed by atoms with Gasteiger partial charge >= 0.3 is 0 Å². The van der Waals surface area contributed by atoms with Gasteiger partial charge in [-0.1, -0.05) is 41.0 Å². The minimum Gasteiger partial charge on any atom is -0.0651 e. The second-order valence-corrected chi connectivity index (χ2v) is 6.61. The van der Waals surface area contributed by atoms with Gasteiger partial charge in [0.2, 0.25) is 0 Å². The molecule has 0 amide bonds. The number of hydrogen-bond donors (Lipinski definition) is 0. The molecule has 2 fully saturated rings. The fourth-order valence-electron chi connectivity index (χ4n) is 3.34. The molecule has 2 aliphatic rings. The molecule has 5 unspecified atom stereocenters. The van der Waals surface area contributed by atoms with E-state index >= 15 is 0 Å². The lowest BCUT2D eigenvalue weighted by Gasteiger charge is -2.18. The van der Waals surface area contributed by atoms with Crippen molar-refractivity contribution in [2.24, 2.45) is 35.0 Å². The van der Waals surface area contributed by atoms with Gasteiger partial charge in [-0.15, -0.1) is 0 Å². The molecule has 0 aliphatic heterocycles. The summed E-state index contributed by atoms with van der Waals surface area (Å²) in [7, 11) is 0. The Morgan fingerprint density at radius 2 is 1.86 bits per heavy atom. The van der Waals surface area contributed by atoms with E-state index in [1.807, 2.05) is 0 Å². The van der Waals surface area contributed by atoms with Crippen molar-refractivity contribution in [1.82, 2.24) is 0 Å². The lowest BCUT2D eigenvalue weighted by molar-refractivity contribution is 0.311. The van der Waals surface area contributed by atoms with Gasteiger partial charge in [-0.05, 0) is 47.8 Å². The molecule has 0 nitrogen and oxygen atoms in total. The van der Waals surface area contributed by atoms with Gasteiger partial charge in [-0.3, -0.25) is 0 Å². The number of hydrogen-bond acceptors (Lipinski definition) is 0. The van der Waals surface area contributed by atoms with Gasteiger partial charge in [0.1, 0.15) is 0 Å². The van der Waals surface area contributed by atoms with Crippen molar-refractivity contribution in [1.29, 1.82) is 0 Å². The van der Waals surface area contributed by atoms with Crippen molar-refractivity contribution in [2.45, 2.75) is 53.9 Å². The minimum absolute atomic E-state index is 0.703. The average Bonchev–Trinajstić information content (AvgIpc) is 2.99. The SMILES string of the molecule is CCC(C)C(C)C1CC1C1CC1(C)C. The summed E-state index contributed by atoms with van der Waals surface area (Å²) in [4.78, 5) is 0. The van der Waals surface area contributed by atoms with Gasteiger partial charge in [0.05, 0.1) is 0 Å². The lowest BCUT2D eigenvalue weighted by atomic mass is 9.87. The van der Waals surface area contributed by atoms with Crippen molar-refractivity contribution in [3.63, 3.8) is 0 Å². The van der Waals surface area contributed by atoms with Crippen LogP contribution in [0, 0.1) is 35.0 Å². The third-order valence-electron chi connectivity index (χ3n) is 5.21. The quantitative estimate of drug-likeness (QED) is 0.624. The van der Waals surface area contributed by atoms with Crippen molar-refractivity contribution in [3.05, 3.63) is 0 Å². The highest BCUT2D eigenvalue weighted by Crippen LogP contribution is 2.66. The zero-order valence-corrected chi connectivity index (χ0v) is 10.5. The van der Waals surface area contributed by atoms with E-state index in [4.69, 9.17) is 0 Å². The van der Waals surface area contributed by atoms with Gasteiger partial charge in [0.25, 0.3) is 0 Å². The molecule has 0 radical (unpaired) electrons. The predicted molar refractivity (Wildman–Crippen MR) is 62.1 cm³/mol. The van der Waals surface area contributed by atoms with Crippen LogP contribution < -0.4 is 0 Å². The summed E-state index contributed by atoms with van der Waals surface area (Å²) >= 11 is 0. The largest absolute Gasteiger partial charge is 0.0651 e. The maximum absolute atomic E-state index is 2.48. The molecule has 0 heterocycles. The van der Waals surface area contributed by atoms with Crippen LogP contribution in [0.4, 0.5) is 0 Å². The van der Waals surface area contributed by atoms with Crippen LogP contribution in [-0.2, 0) is 0 Å². The van der Waals surface area contributed by atoms with E-state index < -0.39 is 0 Å². The summed E-state index contributed by atoms with van der Waals surface area (Å²) in [6.07, 6.45) is 4.40. The third kappa shape index (κ3) is 1.73. The Labute approximate surface area is 89.5 Å². The van der Waals surface area contributed by atoms with E-state index in [-0.39, 0.29) is 0 Å². The third-order valence-corrected chi connectivity index (χ3v) is 5.21. The first kappa shape index (κ1) is 10.5. The predicted octanol–water partition coefficient (Wildman–Crippen LogP) is 4.35. The van der Waals surface area contributed by atoms with Crippen LogP contribution in [0.5, 0.6) is 0 Å². The molecule has 0 heteroatoms. The molecule has 0 N–H and O–H groups in total. The monoisotopic (exact) mass is 194 g/mol. The molecule has 0 bridgehead atoms. The highest BCUT2D eigenvalue weighted by molar-refractivity contribution is 5.07. The molecule has 14 heavy (non-hydrogen) atoms. The summed E-state index contributed by atoms with van der Waals surface area (Å²) in [5.41, 5.74) is 0.703.